The molecule has 0 saturated heterocycles. The number of halogens is 3. The van der Waals surface area contributed by atoms with E-state index in [0.717, 1.165) is 12.0 Å². The molecule has 0 heterocycles. The van der Waals surface area contributed by atoms with E-state index < -0.39 is 11.9 Å². The second kappa shape index (κ2) is 13.5. The molecule has 0 bridgehead atoms. The van der Waals surface area contributed by atoms with Gasteiger partial charge in [-0.1, -0.05) is 90.3 Å². The summed E-state index contributed by atoms with van der Waals surface area (Å²) in [6.07, 6.45) is 1.06. The van der Waals surface area contributed by atoms with Crippen LogP contribution in [0.2, 0.25) is 15.1 Å². The van der Waals surface area contributed by atoms with Gasteiger partial charge in [-0.3, -0.25) is 9.59 Å². The molecule has 0 aromatic heterocycles. The number of carbonyl (C=O) groups is 2. The summed E-state index contributed by atoms with van der Waals surface area (Å²) in [6.45, 7) is 3.64. The summed E-state index contributed by atoms with van der Waals surface area (Å²) in [5.41, 5.74) is 1.47. The van der Waals surface area contributed by atoms with Crippen molar-refractivity contribution in [1.82, 2.24) is 10.2 Å². The first kappa shape index (κ1) is 27.9. The zero-order valence-corrected chi connectivity index (χ0v) is 22.5. The third-order valence-electron chi connectivity index (χ3n) is 5.85. The van der Waals surface area contributed by atoms with Gasteiger partial charge < -0.3 is 15.0 Å². The second-order valence-electron chi connectivity index (χ2n) is 8.46. The Balaban J connectivity index is 1.97. The van der Waals surface area contributed by atoms with E-state index >= 15 is 0 Å². The first-order valence-electron chi connectivity index (χ1n) is 11.7. The fraction of sp³-hybridized carbons (Fsp3) is 0.286. The molecule has 0 radical (unpaired) electrons. The molecule has 190 valence electrons. The number of para-hydroxylation sites is 1. The highest BCUT2D eigenvalue weighted by Crippen LogP contribution is 2.28. The predicted octanol–water partition coefficient (Wildman–Crippen LogP) is 6.58. The number of nitrogens with zero attached hydrogens (tertiary/aromatic N) is 1. The average Bonchev–Trinajstić information content (AvgIpc) is 2.87. The summed E-state index contributed by atoms with van der Waals surface area (Å²) in [7, 11) is 0. The third-order valence-corrected chi connectivity index (χ3v) is 6.87. The summed E-state index contributed by atoms with van der Waals surface area (Å²) >= 11 is 19.1. The van der Waals surface area contributed by atoms with Crippen molar-refractivity contribution in [2.75, 3.05) is 6.61 Å². The molecule has 1 N–H and O–H groups in total. The molecule has 36 heavy (non-hydrogen) atoms. The molecule has 5 nitrogen and oxygen atoms in total. The van der Waals surface area contributed by atoms with E-state index in [0.29, 0.717) is 32.8 Å². The Morgan fingerprint density at radius 3 is 2.14 bits per heavy atom. The zero-order chi connectivity index (χ0) is 26.1. The Hall–Kier alpha value is -2.73. The van der Waals surface area contributed by atoms with Crippen molar-refractivity contribution in [1.29, 1.82) is 0 Å². The lowest BCUT2D eigenvalue weighted by Crippen LogP contribution is -2.53. The van der Waals surface area contributed by atoms with Crippen molar-refractivity contribution in [2.45, 2.75) is 45.3 Å². The normalized spacial score (nSPS) is 12.5. The lowest BCUT2D eigenvalue weighted by Gasteiger charge is -2.32. The number of benzene rings is 3. The molecule has 2 amide bonds. The first-order valence-corrected chi connectivity index (χ1v) is 12.9. The Labute approximate surface area is 227 Å². The van der Waals surface area contributed by atoms with Crippen LogP contribution in [0.4, 0.5) is 0 Å². The Morgan fingerprint density at radius 2 is 1.50 bits per heavy atom. The highest BCUT2D eigenvalue weighted by Gasteiger charge is 2.32. The smallest absolute Gasteiger partial charge is 0.261 e. The van der Waals surface area contributed by atoms with Crippen molar-refractivity contribution < 1.29 is 14.3 Å². The fourth-order valence-electron chi connectivity index (χ4n) is 3.63. The summed E-state index contributed by atoms with van der Waals surface area (Å²) in [6, 6.07) is 20.7. The van der Waals surface area contributed by atoms with Gasteiger partial charge in [0.15, 0.2) is 6.61 Å². The monoisotopic (exact) mass is 546 g/mol. The van der Waals surface area contributed by atoms with Gasteiger partial charge in [0.05, 0.1) is 5.02 Å². The van der Waals surface area contributed by atoms with Crippen LogP contribution in [0, 0.1) is 0 Å². The van der Waals surface area contributed by atoms with Crippen LogP contribution in [0.5, 0.6) is 5.75 Å². The highest BCUT2D eigenvalue weighted by molar-refractivity contribution is 6.36. The van der Waals surface area contributed by atoms with E-state index in [1.807, 2.05) is 44.2 Å². The predicted molar refractivity (Wildman–Crippen MR) is 146 cm³/mol. The van der Waals surface area contributed by atoms with Gasteiger partial charge in [0.25, 0.3) is 5.91 Å². The number of amides is 2. The van der Waals surface area contributed by atoms with Gasteiger partial charge >= 0.3 is 0 Å². The summed E-state index contributed by atoms with van der Waals surface area (Å²) < 4.78 is 5.74. The van der Waals surface area contributed by atoms with E-state index in [4.69, 9.17) is 39.5 Å². The highest BCUT2D eigenvalue weighted by atomic mass is 35.5. The van der Waals surface area contributed by atoms with Crippen molar-refractivity contribution in [3.05, 3.63) is 99.0 Å². The molecule has 0 aliphatic carbocycles. The van der Waals surface area contributed by atoms with E-state index in [1.54, 1.807) is 42.5 Å². The minimum Gasteiger partial charge on any atom is -0.482 e. The van der Waals surface area contributed by atoms with Crippen molar-refractivity contribution in [3.8, 4) is 5.75 Å². The van der Waals surface area contributed by atoms with E-state index in [-0.39, 0.29) is 25.1 Å². The van der Waals surface area contributed by atoms with E-state index in [1.165, 1.54) is 4.90 Å². The number of hydrogen-bond acceptors (Lipinski definition) is 3. The molecule has 0 unspecified atom stereocenters. The van der Waals surface area contributed by atoms with Crippen LogP contribution in [0.25, 0.3) is 0 Å². The average molecular weight is 548 g/mol. The molecule has 8 heteroatoms. The van der Waals surface area contributed by atoms with Gasteiger partial charge in [-0.25, -0.2) is 0 Å². The van der Waals surface area contributed by atoms with Gasteiger partial charge in [0.1, 0.15) is 11.8 Å². The maximum atomic E-state index is 13.6. The molecule has 0 saturated carbocycles. The Morgan fingerprint density at radius 1 is 0.889 bits per heavy atom. The summed E-state index contributed by atoms with van der Waals surface area (Å²) in [5.74, 6) is -0.277. The largest absolute Gasteiger partial charge is 0.482 e. The lowest BCUT2D eigenvalue weighted by molar-refractivity contribution is -0.143. The maximum absolute atomic E-state index is 13.6. The van der Waals surface area contributed by atoms with Gasteiger partial charge in [-0.15, -0.1) is 0 Å². The van der Waals surface area contributed by atoms with E-state index in [2.05, 4.69) is 5.32 Å². The number of carbonyl (C=O) groups excluding carboxylic acids is 2. The molecular weight excluding hydrogens is 519 g/mol. The quantitative estimate of drug-likeness (QED) is 0.295. The standard InChI is InChI=1S/C28H29Cl3N2O3/c1-3-19(2)32-28(35)25(16-20-10-5-4-6-11-20)33(17-21-22(29)13-9-14-23(21)30)27(34)18-36-26-15-8-7-12-24(26)31/h4-15,19,25H,3,16-18H2,1-2H3,(H,32,35)/t19-,25-/m0/s1. The summed E-state index contributed by atoms with van der Waals surface area (Å²) in [4.78, 5) is 28.6. The minimum atomic E-state index is -0.823. The molecular formula is C28H29Cl3N2O3. The lowest BCUT2D eigenvalue weighted by atomic mass is 10.0. The SMILES string of the molecule is CC[C@H](C)NC(=O)[C@H](Cc1ccccc1)N(Cc1c(Cl)cccc1Cl)C(=O)COc1ccccc1Cl. The van der Waals surface area contributed by atoms with Crippen molar-refractivity contribution in [3.63, 3.8) is 0 Å². The maximum Gasteiger partial charge on any atom is 0.261 e. The van der Waals surface area contributed by atoms with Crippen LogP contribution >= 0.6 is 34.8 Å². The molecule has 0 spiro atoms. The fourth-order valence-corrected chi connectivity index (χ4v) is 4.34. The number of ether oxygens (including phenoxy) is 1. The first-order chi connectivity index (χ1) is 17.3. The Kier molecular flexibility index (Phi) is 10.5. The Bertz CT molecular complexity index is 1150. The third kappa shape index (κ3) is 7.63. The number of nitrogens with one attached hydrogen (secondary N) is 1. The van der Waals surface area contributed by atoms with Gasteiger partial charge in [-0.05, 0) is 43.2 Å². The molecule has 0 fully saturated rings. The number of rotatable bonds is 11. The topological polar surface area (TPSA) is 58.6 Å². The van der Waals surface area contributed by atoms with Crippen molar-refractivity contribution in [2.24, 2.45) is 0 Å². The molecule has 3 rings (SSSR count). The van der Waals surface area contributed by atoms with E-state index in [9.17, 15) is 9.59 Å². The van der Waals surface area contributed by atoms with Crippen LogP contribution in [0.15, 0.2) is 72.8 Å². The van der Waals surface area contributed by atoms with Crippen LogP contribution < -0.4 is 10.1 Å². The molecule has 0 aliphatic rings. The second-order valence-corrected chi connectivity index (χ2v) is 9.69. The van der Waals surface area contributed by atoms with Gasteiger partial charge in [-0.2, -0.15) is 0 Å². The van der Waals surface area contributed by atoms with Crippen LogP contribution in [0.3, 0.4) is 0 Å². The summed E-state index contributed by atoms with van der Waals surface area (Å²) in [5, 5.41) is 4.23. The molecule has 3 aromatic carbocycles. The zero-order valence-electron chi connectivity index (χ0n) is 20.2. The van der Waals surface area contributed by atoms with Gasteiger partial charge in [0.2, 0.25) is 5.91 Å². The molecule has 3 aromatic rings. The van der Waals surface area contributed by atoms with Crippen LogP contribution in [0.1, 0.15) is 31.4 Å². The van der Waals surface area contributed by atoms with Crippen LogP contribution in [-0.2, 0) is 22.6 Å². The van der Waals surface area contributed by atoms with Gasteiger partial charge in [0, 0.05) is 34.6 Å². The molecule has 0 aliphatic heterocycles. The van der Waals surface area contributed by atoms with Crippen LogP contribution in [-0.4, -0.2) is 35.4 Å². The minimum absolute atomic E-state index is 0.0364. The molecule has 2 atom stereocenters. The van der Waals surface area contributed by atoms with Crippen molar-refractivity contribution >= 4 is 46.6 Å². The number of hydrogen-bond donors (Lipinski definition) is 1.